The van der Waals surface area contributed by atoms with Crippen molar-refractivity contribution < 1.29 is 14.3 Å². The van der Waals surface area contributed by atoms with Gasteiger partial charge in [-0.25, -0.2) is 0 Å². The molecule has 2 aliphatic rings. The number of benzene rings is 2. The van der Waals surface area contributed by atoms with Crippen molar-refractivity contribution in [2.75, 3.05) is 26.7 Å². The maximum Gasteiger partial charge on any atom is 0.308 e. The third-order valence-electron chi connectivity index (χ3n) is 6.39. The number of hydrogen-bond donors (Lipinski definition) is 0. The number of hydrogen-bond acceptors (Lipinski definition) is 4. The number of carbonyl (C=O) groups is 1. The monoisotopic (exact) mass is 393 g/mol. The molecule has 0 spiro atoms. The lowest BCUT2D eigenvalue weighted by atomic mass is 9.89. The first-order chi connectivity index (χ1) is 14.2. The van der Waals surface area contributed by atoms with Crippen molar-refractivity contribution in [2.45, 2.75) is 50.2 Å². The van der Waals surface area contributed by atoms with Crippen LogP contribution in [0.4, 0.5) is 0 Å². The molecule has 2 aromatic carbocycles. The van der Waals surface area contributed by atoms with Crippen LogP contribution < -0.4 is 0 Å². The molecule has 0 bridgehead atoms. The number of methoxy groups -OCH3 is 1. The molecule has 0 aromatic heterocycles. The first kappa shape index (κ1) is 20.1. The maximum absolute atomic E-state index is 11.7. The molecular formula is C25H31NO3. The van der Waals surface area contributed by atoms with Crippen LogP contribution >= 0.6 is 0 Å². The highest BCUT2D eigenvalue weighted by Gasteiger charge is 2.30. The number of fused-ring (bicyclic) bond motifs is 1. The predicted molar refractivity (Wildman–Crippen MR) is 114 cm³/mol. The summed E-state index contributed by atoms with van der Waals surface area (Å²) in [5.41, 5.74) is 4.07. The highest BCUT2D eigenvalue weighted by Crippen LogP contribution is 2.34. The molecule has 154 valence electrons. The fourth-order valence-electron chi connectivity index (χ4n) is 4.76. The summed E-state index contributed by atoms with van der Waals surface area (Å²) in [6.45, 7) is 3.31. The van der Waals surface area contributed by atoms with E-state index in [0.717, 1.165) is 32.5 Å². The minimum absolute atomic E-state index is 0.0569. The summed E-state index contributed by atoms with van der Waals surface area (Å²) in [7, 11) is 1.44. The molecule has 0 unspecified atom stereocenters. The molecule has 0 radical (unpaired) electrons. The van der Waals surface area contributed by atoms with Crippen LogP contribution in [-0.2, 0) is 20.7 Å². The molecule has 0 saturated carbocycles. The second-order valence-electron chi connectivity index (χ2n) is 8.25. The van der Waals surface area contributed by atoms with Gasteiger partial charge in [-0.05, 0) is 61.4 Å². The zero-order valence-corrected chi connectivity index (χ0v) is 17.3. The standard InChI is InChI=1S/C25H31NO3/c1-28-25(27)18-22-17-21-9-5-6-10-23(21)24(29-22)13-16-26-14-11-20(12-15-26)19-7-3-2-4-8-19/h2-10,20,22,24H,11-18H2,1H3/t22-,24-/m0/s1. The van der Waals surface area contributed by atoms with Crippen molar-refractivity contribution in [3.8, 4) is 0 Å². The second-order valence-corrected chi connectivity index (χ2v) is 8.25. The Morgan fingerprint density at radius 3 is 2.55 bits per heavy atom. The molecule has 4 heteroatoms. The number of likely N-dealkylation sites (tertiary alicyclic amines) is 1. The molecule has 4 rings (SSSR count). The fraction of sp³-hybridized carbons (Fsp3) is 0.480. The summed E-state index contributed by atoms with van der Waals surface area (Å²) in [5.74, 6) is 0.486. The minimum atomic E-state index is -0.198. The van der Waals surface area contributed by atoms with Gasteiger partial charge in [-0.1, -0.05) is 54.6 Å². The fourth-order valence-corrected chi connectivity index (χ4v) is 4.76. The van der Waals surface area contributed by atoms with Gasteiger partial charge >= 0.3 is 5.97 Å². The normalized spacial score (nSPS) is 22.8. The van der Waals surface area contributed by atoms with E-state index in [2.05, 4.69) is 59.5 Å². The molecule has 2 atom stereocenters. The van der Waals surface area contributed by atoms with Crippen molar-refractivity contribution in [1.82, 2.24) is 4.90 Å². The van der Waals surface area contributed by atoms with Gasteiger partial charge in [0.15, 0.2) is 0 Å². The lowest BCUT2D eigenvalue weighted by molar-refractivity contribution is -0.145. The van der Waals surface area contributed by atoms with Crippen molar-refractivity contribution >= 4 is 5.97 Å². The third kappa shape index (κ3) is 5.06. The summed E-state index contributed by atoms with van der Waals surface area (Å²) >= 11 is 0. The molecule has 2 heterocycles. The van der Waals surface area contributed by atoms with Crippen LogP contribution in [0, 0.1) is 0 Å². The van der Waals surface area contributed by atoms with Crippen molar-refractivity contribution in [2.24, 2.45) is 0 Å². The number of carbonyl (C=O) groups excluding carboxylic acids is 1. The molecule has 0 aliphatic carbocycles. The van der Waals surface area contributed by atoms with Gasteiger partial charge in [0.25, 0.3) is 0 Å². The van der Waals surface area contributed by atoms with E-state index in [1.807, 2.05) is 0 Å². The Hall–Kier alpha value is -2.17. The molecular weight excluding hydrogens is 362 g/mol. The topological polar surface area (TPSA) is 38.8 Å². The van der Waals surface area contributed by atoms with Gasteiger partial charge in [0.05, 0.1) is 25.7 Å². The van der Waals surface area contributed by atoms with Crippen LogP contribution in [0.2, 0.25) is 0 Å². The molecule has 29 heavy (non-hydrogen) atoms. The van der Waals surface area contributed by atoms with Crippen molar-refractivity contribution in [3.05, 3.63) is 71.3 Å². The van der Waals surface area contributed by atoms with Crippen molar-refractivity contribution in [3.63, 3.8) is 0 Å². The summed E-state index contributed by atoms with van der Waals surface area (Å²) in [6, 6.07) is 19.4. The summed E-state index contributed by atoms with van der Waals surface area (Å²) in [6.07, 6.45) is 4.47. The Labute approximate surface area is 173 Å². The Kier molecular flexibility index (Phi) is 6.63. The van der Waals surface area contributed by atoms with Gasteiger partial charge in [-0.3, -0.25) is 4.79 Å². The maximum atomic E-state index is 11.7. The first-order valence-electron chi connectivity index (χ1n) is 10.8. The Morgan fingerprint density at radius 1 is 1.07 bits per heavy atom. The van der Waals surface area contributed by atoms with E-state index < -0.39 is 0 Å². The molecule has 2 aliphatic heterocycles. The van der Waals surface area contributed by atoms with E-state index in [9.17, 15) is 4.79 Å². The van der Waals surface area contributed by atoms with Gasteiger partial charge in [-0.15, -0.1) is 0 Å². The zero-order chi connectivity index (χ0) is 20.1. The van der Waals surface area contributed by atoms with E-state index in [4.69, 9.17) is 9.47 Å². The van der Waals surface area contributed by atoms with Gasteiger partial charge in [-0.2, -0.15) is 0 Å². The molecule has 1 saturated heterocycles. The van der Waals surface area contributed by atoms with E-state index in [0.29, 0.717) is 12.3 Å². The van der Waals surface area contributed by atoms with Crippen LogP contribution in [0.1, 0.15) is 54.4 Å². The lowest BCUT2D eigenvalue weighted by Gasteiger charge is -2.35. The number of piperidine rings is 1. The minimum Gasteiger partial charge on any atom is -0.469 e. The third-order valence-corrected chi connectivity index (χ3v) is 6.39. The average molecular weight is 394 g/mol. The number of ether oxygens (including phenoxy) is 2. The molecule has 1 fully saturated rings. The van der Waals surface area contributed by atoms with Crippen molar-refractivity contribution in [1.29, 1.82) is 0 Å². The quantitative estimate of drug-likeness (QED) is 0.677. The predicted octanol–water partition coefficient (Wildman–Crippen LogP) is 4.50. The molecule has 0 N–H and O–H groups in total. The largest absolute Gasteiger partial charge is 0.469 e. The van der Waals surface area contributed by atoms with Crippen LogP contribution in [0.15, 0.2) is 54.6 Å². The van der Waals surface area contributed by atoms with E-state index >= 15 is 0 Å². The zero-order valence-electron chi connectivity index (χ0n) is 17.3. The highest BCUT2D eigenvalue weighted by atomic mass is 16.5. The molecule has 4 nitrogen and oxygen atoms in total. The summed E-state index contributed by atoms with van der Waals surface area (Å²) in [5, 5.41) is 0. The van der Waals surface area contributed by atoms with E-state index in [1.54, 1.807) is 0 Å². The number of rotatable bonds is 6. The average Bonchev–Trinajstić information content (AvgIpc) is 2.78. The smallest absolute Gasteiger partial charge is 0.308 e. The SMILES string of the molecule is COC(=O)C[C@@H]1Cc2ccccc2[C@H](CCN2CCC(c3ccccc3)CC2)O1. The van der Waals surface area contributed by atoms with Gasteiger partial charge < -0.3 is 14.4 Å². The Balaban J connectivity index is 1.33. The van der Waals surface area contributed by atoms with Crippen LogP contribution in [0.25, 0.3) is 0 Å². The number of esters is 1. The highest BCUT2D eigenvalue weighted by molar-refractivity contribution is 5.69. The van der Waals surface area contributed by atoms with E-state index in [1.165, 1.54) is 36.6 Å². The first-order valence-corrected chi connectivity index (χ1v) is 10.8. The van der Waals surface area contributed by atoms with Crippen LogP contribution in [0.5, 0.6) is 0 Å². The van der Waals surface area contributed by atoms with E-state index in [-0.39, 0.29) is 18.2 Å². The van der Waals surface area contributed by atoms with Crippen LogP contribution in [0.3, 0.4) is 0 Å². The van der Waals surface area contributed by atoms with Gasteiger partial charge in [0.2, 0.25) is 0 Å². The van der Waals surface area contributed by atoms with Gasteiger partial charge in [0, 0.05) is 6.54 Å². The second kappa shape index (κ2) is 9.55. The molecule has 0 amide bonds. The summed E-state index contributed by atoms with van der Waals surface area (Å²) in [4.78, 5) is 14.3. The van der Waals surface area contributed by atoms with Gasteiger partial charge in [0.1, 0.15) is 0 Å². The molecule has 2 aromatic rings. The Morgan fingerprint density at radius 2 is 1.79 bits per heavy atom. The Bertz CT molecular complexity index is 799. The summed E-state index contributed by atoms with van der Waals surface area (Å²) < 4.78 is 11.2. The number of nitrogens with zero attached hydrogens (tertiary/aromatic N) is 1. The van der Waals surface area contributed by atoms with Crippen LogP contribution in [-0.4, -0.2) is 43.7 Å². The lowest BCUT2D eigenvalue weighted by Crippen LogP contribution is -2.36.